The summed E-state index contributed by atoms with van der Waals surface area (Å²) in [5.74, 6) is -0.586. The first-order valence-corrected chi connectivity index (χ1v) is 13.3. The first-order valence-electron chi connectivity index (χ1n) is 13.3. The molecular formula is C23H43N9. The summed E-state index contributed by atoms with van der Waals surface area (Å²) in [4.78, 5) is 8.24. The van der Waals surface area contributed by atoms with Crippen molar-refractivity contribution in [2.75, 3.05) is 78.7 Å². The predicted octanol–water partition coefficient (Wildman–Crippen LogP) is -0.0117. The lowest BCUT2D eigenvalue weighted by Gasteiger charge is -2.70. The largest absolute Gasteiger partial charge is 0.343 e. The minimum Gasteiger partial charge on any atom is -0.343 e. The Balaban J connectivity index is 1.55. The molecule has 2 atom stereocenters. The molecule has 6 rings (SSSR count). The summed E-state index contributed by atoms with van der Waals surface area (Å²) < 4.78 is 0. The lowest BCUT2D eigenvalue weighted by molar-refractivity contribution is -0.356. The van der Waals surface area contributed by atoms with E-state index in [4.69, 9.17) is 0 Å². The first kappa shape index (κ1) is 21.7. The molecule has 0 bridgehead atoms. The maximum Gasteiger partial charge on any atom is 0.210 e. The smallest absolute Gasteiger partial charge is 0.210 e. The molecule has 6 aliphatic heterocycles. The van der Waals surface area contributed by atoms with Crippen LogP contribution in [0.25, 0.3) is 0 Å². The average molecular weight is 446 g/mol. The second-order valence-electron chi connectivity index (χ2n) is 10.3. The summed E-state index contributed by atoms with van der Waals surface area (Å²) in [6.45, 7) is 13.1. The Morgan fingerprint density at radius 3 is 2.22 bits per heavy atom. The van der Waals surface area contributed by atoms with Crippen molar-refractivity contribution >= 4 is 0 Å². The lowest BCUT2D eigenvalue weighted by atomic mass is 9.98. The van der Waals surface area contributed by atoms with E-state index in [1.807, 2.05) is 0 Å². The molecule has 0 aromatic carbocycles. The Morgan fingerprint density at radius 2 is 1.53 bits per heavy atom. The molecule has 2 unspecified atom stereocenters. The highest BCUT2D eigenvalue weighted by molar-refractivity contribution is 5.16. The van der Waals surface area contributed by atoms with Gasteiger partial charge in [-0.2, -0.15) is 0 Å². The molecule has 0 aliphatic carbocycles. The molecule has 6 aliphatic rings. The van der Waals surface area contributed by atoms with E-state index in [0.717, 1.165) is 58.9 Å². The predicted molar refractivity (Wildman–Crippen MR) is 126 cm³/mol. The molecule has 0 radical (unpaired) electrons. The topological polar surface area (TPSA) is 55.5 Å². The summed E-state index contributed by atoms with van der Waals surface area (Å²) in [6.07, 6.45) is 13.7. The SMILES string of the molecule is C1=CN(C2(N3CCCC3)NCCN(N3CCCCC3)C2(N2CCNC2)N2CCCN2)CC1. The fourth-order valence-corrected chi connectivity index (χ4v) is 7.30. The van der Waals surface area contributed by atoms with Gasteiger partial charge in [0, 0.05) is 72.0 Å². The van der Waals surface area contributed by atoms with Crippen LogP contribution in [0.4, 0.5) is 0 Å². The van der Waals surface area contributed by atoms with Crippen LogP contribution in [0, 0.1) is 0 Å². The van der Waals surface area contributed by atoms with Gasteiger partial charge in [0.15, 0.2) is 5.79 Å². The number of piperazine rings is 1. The number of nitrogens with one attached hydrogen (secondary N) is 3. The summed E-state index contributed by atoms with van der Waals surface area (Å²) >= 11 is 0. The highest BCUT2D eigenvalue weighted by Gasteiger charge is 2.70. The van der Waals surface area contributed by atoms with Gasteiger partial charge in [0.05, 0.1) is 6.67 Å². The molecule has 6 heterocycles. The Labute approximate surface area is 193 Å². The van der Waals surface area contributed by atoms with Gasteiger partial charge in [0.25, 0.3) is 0 Å². The van der Waals surface area contributed by atoms with Crippen molar-refractivity contribution in [2.24, 2.45) is 0 Å². The molecule has 180 valence electrons. The Morgan fingerprint density at radius 1 is 0.688 bits per heavy atom. The van der Waals surface area contributed by atoms with Crippen molar-refractivity contribution in [3.05, 3.63) is 12.3 Å². The minimum atomic E-state index is -0.304. The number of likely N-dealkylation sites (tertiary alicyclic amines) is 1. The van der Waals surface area contributed by atoms with Crippen molar-refractivity contribution < 1.29 is 0 Å². The Hall–Kier alpha value is -0.780. The van der Waals surface area contributed by atoms with Crippen LogP contribution in [0.3, 0.4) is 0 Å². The van der Waals surface area contributed by atoms with Crippen LogP contribution >= 0.6 is 0 Å². The van der Waals surface area contributed by atoms with Crippen LogP contribution in [-0.2, 0) is 0 Å². The minimum absolute atomic E-state index is 0.282. The zero-order valence-corrected chi connectivity index (χ0v) is 19.8. The van der Waals surface area contributed by atoms with Gasteiger partial charge < -0.3 is 10.2 Å². The van der Waals surface area contributed by atoms with Crippen LogP contribution in [0.1, 0.15) is 44.9 Å². The molecule has 0 aromatic rings. The van der Waals surface area contributed by atoms with E-state index in [0.29, 0.717) is 0 Å². The summed E-state index contributed by atoms with van der Waals surface area (Å²) in [5.41, 5.74) is 3.89. The number of rotatable bonds is 5. The summed E-state index contributed by atoms with van der Waals surface area (Å²) in [6, 6.07) is 0. The van der Waals surface area contributed by atoms with E-state index >= 15 is 0 Å². The molecule has 0 spiro atoms. The molecule has 5 saturated heterocycles. The number of nitrogens with zero attached hydrogens (tertiary/aromatic N) is 6. The molecule has 3 N–H and O–H groups in total. The molecule has 0 aromatic heterocycles. The highest BCUT2D eigenvalue weighted by atomic mass is 15.9. The van der Waals surface area contributed by atoms with E-state index in [2.05, 4.69) is 58.1 Å². The van der Waals surface area contributed by atoms with Crippen LogP contribution < -0.4 is 16.1 Å². The third-order valence-electron chi connectivity index (χ3n) is 8.54. The maximum atomic E-state index is 4.21. The van der Waals surface area contributed by atoms with Gasteiger partial charge >= 0.3 is 0 Å². The van der Waals surface area contributed by atoms with Gasteiger partial charge in [-0.3, -0.25) is 20.5 Å². The zero-order chi connectivity index (χ0) is 21.4. The fraction of sp³-hybridized carbons (Fsp3) is 0.913. The molecule has 5 fully saturated rings. The number of hydrogen-bond acceptors (Lipinski definition) is 9. The van der Waals surface area contributed by atoms with Crippen molar-refractivity contribution in [3.63, 3.8) is 0 Å². The highest BCUT2D eigenvalue weighted by Crippen LogP contribution is 2.46. The van der Waals surface area contributed by atoms with Gasteiger partial charge in [-0.15, -0.1) is 0 Å². The molecule has 0 amide bonds. The Bertz CT molecular complexity index is 646. The number of hydrogen-bond donors (Lipinski definition) is 3. The normalized spacial score (nSPS) is 39.1. The summed E-state index contributed by atoms with van der Waals surface area (Å²) in [7, 11) is 0. The van der Waals surface area contributed by atoms with Crippen LogP contribution in [-0.4, -0.2) is 120 Å². The number of piperidine rings is 1. The maximum absolute atomic E-state index is 4.21. The average Bonchev–Trinajstić information content (AvgIpc) is 3.67. The van der Waals surface area contributed by atoms with Crippen molar-refractivity contribution in [1.29, 1.82) is 0 Å². The zero-order valence-electron chi connectivity index (χ0n) is 19.8. The van der Waals surface area contributed by atoms with Crippen molar-refractivity contribution in [2.45, 2.75) is 56.5 Å². The Kier molecular flexibility index (Phi) is 6.19. The van der Waals surface area contributed by atoms with Gasteiger partial charge in [0.2, 0.25) is 5.79 Å². The molecule has 32 heavy (non-hydrogen) atoms. The van der Waals surface area contributed by atoms with E-state index < -0.39 is 0 Å². The van der Waals surface area contributed by atoms with Crippen molar-refractivity contribution in [1.82, 2.24) is 45.8 Å². The van der Waals surface area contributed by atoms with E-state index in [1.165, 1.54) is 64.7 Å². The van der Waals surface area contributed by atoms with E-state index in [-0.39, 0.29) is 11.6 Å². The van der Waals surface area contributed by atoms with Crippen LogP contribution in [0.15, 0.2) is 12.3 Å². The third-order valence-corrected chi connectivity index (χ3v) is 8.54. The van der Waals surface area contributed by atoms with Gasteiger partial charge in [0.1, 0.15) is 0 Å². The van der Waals surface area contributed by atoms with Gasteiger partial charge in [-0.05, 0) is 44.7 Å². The number of hydrazine groups is 2. The van der Waals surface area contributed by atoms with Crippen molar-refractivity contribution in [3.8, 4) is 0 Å². The quantitative estimate of drug-likeness (QED) is 0.542. The second kappa shape index (κ2) is 9.11. The fourth-order valence-electron chi connectivity index (χ4n) is 7.30. The van der Waals surface area contributed by atoms with Gasteiger partial charge in [-0.25, -0.2) is 15.0 Å². The van der Waals surface area contributed by atoms with Gasteiger partial charge in [-0.1, -0.05) is 12.5 Å². The van der Waals surface area contributed by atoms with E-state index in [1.54, 1.807) is 0 Å². The molecular weight excluding hydrogens is 402 g/mol. The third kappa shape index (κ3) is 3.20. The van der Waals surface area contributed by atoms with Crippen LogP contribution in [0.2, 0.25) is 0 Å². The molecule has 9 nitrogen and oxygen atoms in total. The molecule has 9 heteroatoms. The lowest BCUT2D eigenvalue weighted by Crippen LogP contribution is -2.95. The molecule has 0 saturated carbocycles. The standard InChI is InChI=1S/C23H43N9/c1-2-16-30(17-3-1)32-20-11-25-22(27-12-4-5-13-27,28-14-6-7-15-28)23(32,29-19-10-24-21-29)31-18-8-9-26-31/h4,12,24-26H,1-3,5-11,13-21H2. The first-order chi connectivity index (χ1) is 15.9. The summed E-state index contributed by atoms with van der Waals surface area (Å²) in [5, 5.41) is 16.1. The monoisotopic (exact) mass is 445 g/mol. The van der Waals surface area contributed by atoms with E-state index in [9.17, 15) is 0 Å². The van der Waals surface area contributed by atoms with Crippen LogP contribution in [0.5, 0.6) is 0 Å². The second-order valence-corrected chi connectivity index (χ2v) is 10.3.